The minimum Gasteiger partial charge on any atom is -0.496 e. The summed E-state index contributed by atoms with van der Waals surface area (Å²) < 4.78 is 13.2. The van der Waals surface area contributed by atoms with Gasteiger partial charge in [-0.2, -0.15) is 0 Å². The molecule has 0 amide bonds. The number of aromatic nitrogens is 3. The first kappa shape index (κ1) is 24.1. The molecule has 2 aromatic carbocycles. The zero-order valence-corrected chi connectivity index (χ0v) is 21.0. The van der Waals surface area contributed by atoms with Gasteiger partial charge in [-0.05, 0) is 80.7 Å². The lowest BCUT2D eigenvalue weighted by atomic mass is 9.89. The van der Waals surface area contributed by atoms with Crippen LogP contribution >= 0.6 is 0 Å². The number of aliphatic hydroxyl groups is 1. The lowest BCUT2D eigenvalue weighted by Crippen LogP contribution is -2.37. The van der Waals surface area contributed by atoms with Crippen LogP contribution in [0.2, 0.25) is 0 Å². The first-order valence-corrected chi connectivity index (χ1v) is 12.4. The summed E-state index contributed by atoms with van der Waals surface area (Å²) in [5.41, 5.74) is 4.88. The molecular formula is C28H33N5O3. The topological polar surface area (TPSA) is 84.2 Å². The molecule has 1 unspecified atom stereocenters. The Labute approximate surface area is 211 Å². The second-order valence-electron chi connectivity index (χ2n) is 9.35. The molecule has 2 aromatic heterocycles. The predicted octanol–water partition coefficient (Wildman–Crippen LogP) is 4.72. The maximum Gasteiger partial charge on any atom is 0.245 e. The average molecular weight is 488 g/mol. The normalized spacial score (nSPS) is 15.7. The zero-order valence-electron chi connectivity index (χ0n) is 21.0. The fourth-order valence-corrected chi connectivity index (χ4v) is 5.03. The summed E-state index contributed by atoms with van der Waals surface area (Å²) in [4.78, 5) is 6.85. The molecule has 0 bridgehead atoms. The molecule has 0 aliphatic carbocycles. The molecule has 4 aromatic rings. The Morgan fingerprint density at radius 1 is 1.03 bits per heavy atom. The number of aliphatic hydroxyl groups excluding tert-OH is 1. The summed E-state index contributed by atoms with van der Waals surface area (Å²) in [6.45, 7) is 4.58. The van der Waals surface area contributed by atoms with Crippen molar-refractivity contribution in [2.75, 3.05) is 39.2 Å². The van der Waals surface area contributed by atoms with Crippen LogP contribution in [0, 0.1) is 0 Å². The standard InChI is InChI=1S/C28H33N5O3/c1-19(34)18-32-14-12-20(13-15-32)21-8-10-24(27(16-21)36-3)30-28-29-17-22-9-11-25(33(22)31-28)23-6-4-5-7-26(23)35-2/h4-11,16-17,19-20,34H,12-15,18H2,1-3H3,(H,30,31). The minimum absolute atomic E-state index is 0.286. The molecule has 0 spiro atoms. The Kier molecular flexibility index (Phi) is 7.06. The van der Waals surface area contributed by atoms with E-state index in [1.165, 1.54) is 5.56 Å². The molecule has 1 atom stereocenters. The lowest BCUT2D eigenvalue weighted by molar-refractivity contribution is 0.109. The van der Waals surface area contributed by atoms with Crippen LogP contribution in [0.4, 0.5) is 11.6 Å². The van der Waals surface area contributed by atoms with E-state index in [1.807, 2.05) is 53.9 Å². The van der Waals surface area contributed by atoms with Crippen molar-refractivity contribution in [2.24, 2.45) is 0 Å². The monoisotopic (exact) mass is 487 g/mol. The molecule has 0 saturated carbocycles. The molecule has 2 N–H and O–H groups in total. The number of nitrogens with one attached hydrogen (secondary N) is 1. The van der Waals surface area contributed by atoms with Crippen LogP contribution in [-0.2, 0) is 0 Å². The van der Waals surface area contributed by atoms with Crippen molar-refractivity contribution in [1.82, 2.24) is 19.5 Å². The highest BCUT2D eigenvalue weighted by Gasteiger charge is 2.22. The number of piperidine rings is 1. The van der Waals surface area contributed by atoms with Gasteiger partial charge in [0, 0.05) is 12.1 Å². The molecule has 188 valence electrons. The van der Waals surface area contributed by atoms with Gasteiger partial charge in [0.2, 0.25) is 5.95 Å². The zero-order chi connectivity index (χ0) is 25.1. The van der Waals surface area contributed by atoms with E-state index >= 15 is 0 Å². The van der Waals surface area contributed by atoms with Crippen molar-refractivity contribution < 1.29 is 14.6 Å². The summed E-state index contributed by atoms with van der Waals surface area (Å²) in [5.74, 6) is 2.51. The minimum atomic E-state index is -0.286. The van der Waals surface area contributed by atoms with E-state index in [-0.39, 0.29) is 6.10 Å². The number of hydrogen-bond acceptors (Lipinski definition) is 7. The van der Waals surface area contributed by atoms with Gasteiger partial charge in [-0.3, -0.25) is 0 Å². The number of rotatable bonds is 8. The second kappa shape index (κ2) is 10.6. The summed E-state index contributed by atoms with van der Waals surface area (Å²) in [6.07, 6.45) is 3.66. The van der Waals surface area contributed by atoms with Crippen LogP contribution in [0.1, 0.15) is 31.2 Å². The molecule has 3 heterocycles. The molecular weight excluding hydrogens is 454 g/mol. The fraction of sp³-hybridized carbons (Fsp3) is 0.357. The van der Waals surface area contributed by atoms with Crippen LogP contribution in [0.3, 0.4) is 0 Å². The van der Waals surface area contributed by atoms with Gasteiger partial charge in [0.05, 0.1) is 43.4 Å². The first-order chi connectivity index (χ1) is 17.6. The Morgan fingerprint density at radius 3 is 2.56 bits per heavy atom. The van der Waals surface area contributed by atoms with E-state index in [1.54, 1.807) is 20.4 Å². The molecule has 1 saturated heterocycles. The number of hydrogen-bond donors (Lipinski definition) is 2. The summed E-state index contributed by atoms with van der Waals surface area (Å²) >= 11 is 0. The van der Waals surface area contributed by atoms with Crippen molar-refractivity contribution in [3.63, 3.8) is 0 Å². The fourth-order valence-electron chi connectivity index (χ4n) is 5.03. The molecule has 1 fully saturated rings. The lowest BCUT2D eigenvalue weighted by Gasteiger charge is -2.33. The third-order valence-corrected chi connectivity index (χ3v) is 6.83. The first-order valence-electron chi connectivity index (χ1n) is 12.4. The van der Waals surface area contributed by atoms with E-state index in [4.69, 9.17) is 14.6 Å². The third kappa shape index (κ3) is 5.01. The third-order valence-electron chi connectivity index (χ3n) is 6.83. The van der Waals surface area contributed by atoms with Gasteiger partial charge in [-0.15, -0.1) is 5.10 Å². The Bertz CT molecular complexity index is 1330. The summed E-state index contributed by atoms with van der Waals surface area (Å²) in [5, 5.41) is 17.8. The van der Waals surface area contributed by atoms with Crippen LogP contribution < -0.4 is 14.8 Å². The Morgan fingerprint density at radius 2 is 1.81 bits per heavy atom. The van der Waals surface area contributed by atoms with Gasteiger partial charge in [-0.25, -0.2) is 9.50 Å². The molecule has 36 heavy (non-hydrogen) atoms. The van der Waals surface area contributed by atoms with E-state index in [9.17, 15) is 5.11 Å². The highest BCUT2D eigenvalue weighted by atomic mass is 16.5. The molecule has 1 aliphatic heterocycles. The van der Waals surface area contributed by atoms with E-state index in [0.29, 0.717) is 11.9 Å². The van der Waals surface area contributed by atoms with Crippen molar-refractivity contribution >= 4 is 17.2 Å². The van der Waals surface area contributed by atoms with Crippen LogP contribution in [0.15, 0.2) is 60.8 Å². The van der Waals surface area contributed by atoms with Crippen LogP contribution in [0.5, 0.6) is 11.5 Å². The van der Waals surface area contributed by atoms with Crippen LogP contribution in [-0.4, -0.2) is 64.6 Å². The van der Waals surface area contributed by atoms with Gasteiger partial charge in [0.25, 0.3) is 0 Å². The van der Waals surface area contributed by atoms with E-state index < -0.39 is 0 Å². The molecule has 8 nitrogen and oxygen atoms in total. The highest BCUT2D eigenvalue weighted by molar-refractivity contribution is 5.72. The quantitative estimate of drug-likeness (QED) is 0.372. The molecule has 0 radical (unpaired) electrons. The molecule has 1 aliphatic rings. The maximum atomic E-state index is 9.67. The average Bonchev–Trinajstić information content (AvgIpc) is 3.32. The molecule has 5 rings (SSSR count). The van der Waals surface area contributed by atoms with Crippen molar-refractivity contribution in [1.29, 1.82) is 0 Å². The Balaban J connectivity index is 1.37. The van der Waals surface area contributed by atoms with Gasteiger partial charge >= 0.3 is 0 Å². The van der Waals surface area contributed by atoms with E-state index in [2.05, 4.69) is 27.3 Å². The number of ether oxygens (including phenoxy) is 2. The number of methoxy groups -OCH3 is 2. The number of para-hydroxylation sites is 1. The van der Waals surface area contributed by atoms with E-state index in [0.717, 1.165) is 66.4 Å². The maximum absolute atomic E-state index is 9.67. The Hall–Kier alpha value is -3.62. The largest absolute Gasteiger partial charge is 0.496 e. The second-order valence-corrected chi connectivity index (χ2v) is 9.35. The van der Waals surface area contributed by atoms with Crippen LogP contribution in [0.25, 0.3) is 16.8 Å². The number of fused-ring (bicyclic) bond motifs is 1. The van der Waals surface area contributed by atoms with Crippen molar-refractivity contribution in [3.05, 3.63) is 66.4 Å². The summed E-state index contributed by atoms with van der Waals surface area (Å²) in [6, 6.07) is 18.2. The van der Waals surface area contributed by atoms with Gasteiger partial charge in [0.1, 0.15) is 11.5 Å². The highest BCUT2D eigenvalue weighted by Crippen LogP contribution is 2.35. The van der Waals surface area contributed by atoms with Gasteiger partial charge < -0.3 is 24.8 Å². The summed E-state index contributed by atoms with van der Waals surface area (Å²) in [7, 11) is 3.36. The van der Waals surface area contributed by atoms with Crippen molar-refractivity contribution in [2.45, 2.75) is 31.8 Å². The smallest absolute Gasteiger partial charge is 0.245 e. The van der Waals surface area contributed by atoms with Gasteiger partial charge in [-0.1, -0.05) is 18.2 Å². The number of β-amino-alcohol motifs (C(OH)–C–C–N with tert-alkyl or cyclic N) is 1. The number of benzene rings is 2. The van der Waals surface area contributed by atoms with Crippen molar-refractivity contribution in [3.8, 4) is 22.8 Å². The number of likely N-dealkylation sites (tertiary alicyclic amines) is 1. The van der Waals surface area contributed by atoms with Gasteiger partial charge in [0.15, 0.2) is 0 Å². The molecule has 8 heteroatoms. The SMILES string of the molecule is COc1cc(C2CCN(CC(C)O)CC2)ccc1Nc1ncc2ccc(-c3ccccc3OC)n2n1. The number of anilines is 2. The predicted molar refractivity (Wildman–Crippen MR) is 141 cm³/mol. The number of nitrogens with zero attached hydrogens (tertiary/aromatic N) is 4.